The van der Waals surface area contributed by atoms with Crippen molar-refractivity contribution in [3.8, 4) is 5.75 Å². The fourth-order valence-corrected chi connectivity index (χ4v) is 2.50. The van der Waals surface area contributed by atoms with Crippen LogP contribution in [0.4, 0.5) is 4.79 Å². The standard InChI is InChI=1S/C21H26N2O2/c1-5-25-20-11-8-16(3)14-19(20)17(4)23-21(24)22-13-12-18-9-6-15(2)7-10-18/h6-14,17H,5H2,1-4H3,(H2,22,23,24)/b13-12+. The third-order valence-electron chi connectivity index (χ3n) is 3.85. The fraction of sp³-hybridized carbons (Fsp3) is 0.286. The van der Waals surface area contributed by atoms with Crippen molar-refractivity contribution < 1.29 is 9.53 Å². The molecule has 0 bridgehead atoms. The monoisotopic (exact) mass is 338 g/mol. The summed E-state index contributed by atoms with van der Waals surface area (Å²) in [6.07, 6.45) is 3.51. The van der Waals surface area contributed by atoms with Gasteiger partial charge >= 0.3 is 6.03 Å². The molecule has 4 nitrogen and oxygen atoms in total. The summed E-state index contributed by atoms with van der Waals surface area (Å²) < 4.78 is 5.66. The Morgan fingerprint density at radius 2 is 1.80 bits per heavy atom. The number of carbonyl (C=O) groups excluding carboxylic acids is 1. The molecule has 25 heavy (non-hydrogen) atoms. The van der Waals surface area contributed by atoms with E-state index in [2.05, 4.69) is 10.6 Å². The first-order chi connectivity index (χ1) is 12.0. The normalized spacial score (nSPS) is 12.0. The zero-order valence-electron chi connectivity index (χ0n) is 15.3. The lowest BCUT2D eigenvalue weighted by molar-refractivity contribution is 0.241. The number of amides is 2. The van der Waals surface area contributed by atoms with Crippen molar-refractivity contribution in [3.63, 3.8) is 0 Å². The van der Waals surface area contributed by atoms with Gasteiger partial charge in [-0.05, 0) is 45.4 Å². The first-order valence-corrected chi connectivity index (χ1v) is 8.53. The van der Waals surface area contributed by atoms with Crippen LogP contribution in [0.3, 0.4) is 0 Å². The van der Waals surface area contributed by atoms with E-state index < -0.39 is 0 Å². The maximum absolute atomic E-state index is 12.1. The molecule has 0 heterocycles. The maximum Gasteiger partial charge on any atom is 0.319 e. The highest BCUT2D eigenvalue weighted by molar-refractivity contribution is 5.76. The minimum absolute atomic E-state index is 0.158. The van der Waals surface area contributed by atoms with E-state index in [9.17, 15) is 4.79 Å². The highest BCUT2D eigenvalue weighted by Gasteiger charge is 2.14. The highest BCUT2D eigenvalue weighted by atomic mass is 16.5. The molecule has 0 spiro atoms. The summed E-state index contributed by atoms with van der Waals surface area (Å²) in [5.41, 5.74) is 4.35. The molecule has 0 radical (unpaired) electrons. The lowest BCUT2D eigenvalue weighted by Crippen LogP contribution is -2.34. The molecule has 132 valence electrons. The van der Waals surface area contributed by atoms with Gasteiger partial charge < -0.3 is 15.4 Å². The number of ether oxygens (including phenoxy) is 1. The molecule has 2 aromatic carbocycles. The van der Waals surface area contributed by atoms with E-state index in [0.29, 0.717) is 6.61 Å². The second-order valence-corrected chi connectivity index (χ2v) is 6.06. The molecular formula is C21H26N2O2. The van der Waals surface area contributed by atoms with Crippen molar-refractivity contribution in [2.24, 2.45) is 0 Å². The van der Waals surface area contributed by atoms with Crippen molar-refractivity contribution in [1.29, 1.82) is 0 Å². The van der Waals surface area contributed by atoms with Gasteiger partial charge in [-0.1, -0.05) is 47.5 Å². The summed E-state index contributed by atoms with van der Waals surface area (Å²) in [5.74, 6) is 0.802. The largest absolute Gasteiger partial charge is 0.494 e. The number of carbonyl (C=O) groups is 1. The lowest BCUT2D eigenvalue weighted by atomic mass is 10.0. The number of hydrogen-bond donors (Lipinski definition) is 2. The van der Waals surface area contributed by atoms with E-state index in [0.717, 1.165) is 22.4 Å². The van der Waals surface area contributed by atoms with Crippen molar-refractivity contribution in [3.05, 3.63) is 70.9 Å². The third kappa shape index (κ3) is 5.68. The van der Waals surface area contributed by atoms with E-state index in [1.807, 2.05) is 76.2 Å². The predicted octanol–water partition coefficient (Wildman–Crippen LogP) is 4.73. The Balaban J connectivity index is 1.95. The van der Waals surface area contributed by atoms with Gasteiger partial charge in [0.15, 0.2) is 0 Å². The summed E-state index contributed by atoms with van der Waals surface area (Å²) in [6, 6.07) is 13.7. The second kappa shape index (κ2) is 8.92. The molecule has 1 unspecified atom stereocenters. The highest BCUT2D eigenvalue weighted by Crippen LogP contribution is 2.26. The van der Waals surface area contributed by atoms with Gasteiger partial charge in [0, 0.05) is 11.8 Å². The molecule has 0 aliphatic heterocycles. The van der Waals surface area contributed by atoms with E-state index in [1.165, 1.54) is 5.56 Å². The van der Waals surface area contributed by atoms with Crippen molar-refractivity contribution in [1.82, 2.24) is 10.6 Å². The SMILES string of the molecule is CCOc1ccc(C)cc1C(C)NC(=O)N/C=C/c1ccc(C)cc1. The van der Waals surface area contributed by atoms with Crippen LogP contribution in [0.5, 0.6) is 5.75 Å². The summed E-state index contributed by atoms with van der Waals surface area (Å²) in [4.78, 5) is 12.1. The Morgan fingerprint density at radius 3 is 2.48 bits per heavy atom. The van der Waals surface area contributed by atoms with Crippen molar-refractivity contribution >= 4 is 12.1 Å². The zero-order chi connectivity index (χ0) is 18.2. The Labute approximate surface area is 149 Å². The molecule has 2 amide bonds. The zero-order valence-corrected chi connectivity index (χ0v) is 15.3. The van der Waals surface area contributed by atoms with Crippen LogP contribution >= 0.6 is 0 Å². The maximum atomic E-state index is 12.1. The molecule has 0 aliphatic rings. The van der Waals surface area contributed by atoms with Crippen molar-refractivity contribution in [2.45, 2.75) is 33.7 Å². The second-order valence-electron chi connectivity index (χ2n) is 6.06. The van der Waals surface area contributed by atoms with Crippen molar-refractivity contribution in [2.75, 3.05) is 6.61 Å². The molecule has 1 atom stereocenters. The number of rotatable bonds is 6. The van der Waals surface area contributed by atoms with Crippen LogP contribution in [0.15, 0.2) is 48.7 Å². The summed E-state index contributed by atoms with van der Waals surface area (Å²) in [5, 5.41) is 5.68. The summed E-state index contributed by atoms with van der Waals surface area (Å²) in [7, 11) is 0. The molecule has 0 aliphatic carbocycles. The van der Waals surface area contributed by atoms with Gasteiger partial charge in [-0.2, -0.15) is 0 Å². The van der Waals surface area contributed by atoms with Gasteiger partial charge in [-0.25, -0.2) is 4.79 Å². The molecule has 0 fully saturated rings. The first kappa shape index (κ1) is 18.6. The Hall–Kier alpha value is -2.75. The number of aryl methyl sites for hydroxylation is 2. The number of hydrogen-bond acceptors (Lipinski definition) is 2. The van der Waals surface area contributed by atoms with E-state index in [-0.39, 0.29) is 12.1 Å². The average molecular weight is 338 g/mol. The molecular weight excluding hydrogens is 312 g/mol. The molecule has 2 rings (SSSR count). The van der Waals surface area contributed by atoms with E-state index >= 15 is 0 Å². The minimum Gasteiger partial charge on any atom is -0.494 e. The van der Waals surface area contributed by atoms with Crippen LogP contribution in [-0.4, -0.2) is 12.6 Å². The van der Waals surface area contributed by atoms with Crippen LogP contribution < -0.4 is 15.4 Å². The predicted molar refractivity (Wildman–Crippen MR) is 103 cm³/mol. The molecule has 4 heteroatoms. The first-order valence-electron chi connectivity index (χ1n) is 8.53. The Morgan fingerprint density at radius 1 is 1.12 bits per heavy atom. The van der Waals surface area contributed by atoms with Crippen LogP contribution in [0.25, 0.3) is 6.08 Å². The van der Waals surface area contributed by atoms with Gasteiger partial charge in [0.05, 0.1) is 12.6 Å². The van der Waals surface area contributed by atoms with Crippen LogP contribution in [0.1, 0.15) is 42.1 Å². The third-order valence-corrected chi connectivity index (χ3v) is 3.85. The number of urea groups is 1. The average Bonchev–Trinajstić information content (AvgIpc) is 2.58. The van der Waals surface area contributed by atoms with E-state index in [4.69, 9.17) is 4.74 Å². The van der Waals surface area contributed by atoms with Gasteiger partial charge in [0.25, 0.3) is 0 Å². The van der Waals surface area contributed by atoms with Crippen LogP contribution in [0, 0.1) is 13.8 Å². The topological polar surface area (TPSA) is 50.4 Å². The van der Waals surface area contributed by atoms with Crippen LogP contribution in [0.2, 0.25) is 0 Å². The molecule has 0 aromatic heterocycles. The number of benzene rings is 2. The Kier molecular flexibility index (Phi) is 6.63. The molecule has 0 saturated carbocycles. The molecule has 0 saturated heterocycles. The summed E-state index contributed by atoms with van der Waals surface area (Å²) >= 11 is 0. The smallest absolute Gasteiger partial charge is 0.319 e. The summed E-state index contributed by atoms with van der Waals surface area (Å²) in [6.45, 7) is 8.55. The quantitative estimate of drug-likeness (QED) is 0.800. The Bertz CT molecular complexity index is 736. The van der Waals surface area contributed by atoms with Gasteiger partial charge in [0.1, 0.15) is 5.75 Å². The van der Waals surface area contributed by atoms with E-state index in [1.54, 1.807) is 6.20 Å². The van der Waals surface area contributed by atoms with Gasteiger partial charge in [-0.15, -0.1) is 0 Å². The van der Waals surface area contributed by atoms with Crippen LogP contribution in [-0.2, 0) is 0 Å². The van der Waals surface area contributed by atoms with Gasteiger partial charge in [0.2, 0.25) is 0 Å². The molecule has 2 aromatic rings. The van der Waals surface area contributed by atoms with Gasteiger partial charge in [-0.3, -0.25) is 0 Å². The lowest BCUT2D eigenvalue weighted by Gasteiger charge is -2.18. The molecule has 2 N–H and O–H groups in total. The fourth-order valence-electron chi connectivity index (χ4n) is 2.50. The minimum atomic E-state index is -0.250. The number of nitrogens with one attached hydrogen (secondary N) is 2.